The minimum atomic E-state index is 0.0979. The first-order valence-corrected chi connectivity index (χ1v) is 7.12. The SMILES string of the molecule is CC(=O)c1cc(Br)ccc1N1CCc2ccccc21. The van der Waals surface area contributed by atoms with Crippen LogP contribution in [0.4, 0.5) is 11.4 Å². The topological polar surface area (TPSA) is 20.3 Å². The van der Waals surface area contributed by atoms with Gasteiger partial charge in [0.2, 0.25) is 0 Å². The first-order chi connectivity index (χ1) is 9.16. The Hall–Kier alpha value is -1.61. The molecule has 3 heteroatoms. The Morgan fingerprint density at radius 1 is 1.16 bits per heavy atom. The average molecular weight is 316 g/mol. The molecule has 0 aromatic heterocycles. The second-order valence-corrected chi connectivity index (χ2v) is 5.66. The van der Waals surface area contributed by atoms with Gasteiger partial charge in [0.05, 0.1) is 5.69 Å². The number of benzene rings is 2. The van der Waals surface area contributed by atoms with Crippen molar-refractivity contribution in [3.63, 3.8) is 0 Å². The van der Waals surface area contributed by atoms with Crippen LogP contribution in [0.25, 0.3) is 0 Å². The highest BCUT2D eigenvalue weighted by molar-refractivity contribution is 9.10. The van der Waals surface area contributed by atoms with Crippen LogP contribution in [0.5, 0.6) is 0 Å². The van der Waals surface area contributed by atoms with Gasteiger partial charge >= 0.3 is 0 Å². The number of hydrogen-bond donors (Lipinski definition) is 0. The van der Waals surface area contributed by atoms with Gasteiger partial charge in [0.1, 0.15) is 0 Å². The highest BCUT2D eigenvalue weighted by Gasteiger charge is 2.22. The predicted octanol–water partition coefficient (Wildman–Crippen LogP) is 4.35. The number of carbonyl (C=O) groups excluding carboxylic acids is 1. The molecule has 0 aliphatic carbocycles. The molecule has 0 saturated carbocycles. The fourth-order valence-corrected chi connectivity index (χ4v) is 2.98. The highest BCUT2D eigenvalue weighted by Crippen LogP contribution is 2.37. The summed E-state index contributed by atoms with van der Waals surface area (Å²) in [5.74, 6) is 0.0979. The summed E-state index contributed by atoms with van der Waals surface area (Å²) >= 11 is 3.43. The van der Waals surface area contributed by atoms with Crippen LogP contribution in [-0.2, 0) is 6.42 Å². The van der Waals surface area contributed by atoms with Crippen molar-refractivity contribution in [1.29, 1.82) is 0 Å². The molecule has 1 heterocycles. The maximum Gasteiger partial charge on any atom is 0.161 e. The summed E-state index contributed by atoms with van der Waals surface area (Å²) in [5.41, 5.74) is 4.33. The van der Waals surface area contributed by atoms with Gasteiger partial charge in [-0.25, -0.2) is 0 Å². The fraction of sp³-hybridized carbons (Fsp3) is 0.188. The van der Waals surface area contributed by atoms with E-state index in [9.17, 15) is 4.79 Å². The van der Waals surface area contributed by atoms with Gasteiger partial charge in [0, 0.05) is 22.3 Å². The van der Waals surface area contributed by atoms with Crippen LogP contribution in [0, 0.1) is 0 Å². The zero-order valence-corrected chi connectivity index (χ0v) is 12.3. The van der Waals surface area contributed by atoms with Crippen molar-refractivity contribution in [3.05, 3.63) is 58.1 Å². The number of para-hydroxylation sites is 1. The van der Waals surface area contributed by atoms with Crippen LogP contribution in [-0.4, -0.2) is 12.3 Å². The first-order valence-electron chi connectivity index (χ1n) is 6.33. The minimum absolute atomic E-state index is 0.0979. The van der Waals surface area contributed by atoms with Crippen molar-refractivity contribution in [2.24, 2.45) is 0 Å². The van der Waals surface area contributed by atoms with Crippen molar-refractivity contribution >= 4 is 33.1 Å². The molecule has 0 amide bonds. The van der Waals surface area contributed by atoms with E-state index in [1.165, 1.54) is 11.3 Å². The molecule has 0 bridgehead atoms. The lowest BCUT2D eigenvalue weighted by molar-refractivity contribution is 0.101. The molecule has 0 atom stereocenters. The number of halogens is 1. The van der Waals surface area contributed by atoms with Crippen molar-refractivity contribution in [3.8, 4) is 0 Å². The third kappa shape index (κ3) is 2.19. The molecule has 0 saturated heterocycles. The van der Waals surface area contributed by atoms with Crippen LogP contribution in [0.2, 0.25) is 0 Å². The van der Waals surface area contributed by atoms with Crippen LogP contribution in [0.15, 0.2) is 46.9 Å². The summed E-state index contributed by atoms with van der Waals surface area (Å²) in [6, 6.07) is 14.3. The van der Waals surface area contributed by atoms with Gasteiger partial charge in [-0.05, 0) is 43.2 Å². The Morgan fingerprint density at radius 2 is 1.95 bits per heavy atom. The average Bonchev–Trinajstić information content (AvgIpc) is 2.82. The second kappa shape index (κ2) is 4.82. The number of carbonyl (C=O) groups is 1. The van der Waals surface area contributed by atoms with Gasteiger partial charge in [-0.3, -0.25) is 4.79 Å². The minimum Gasteiger partial charge on any atom is -0.340 e. The lowest BCUT2D eigenvalue weighted by Crippen LogP contribution is -2.16. The van der Waals surface area contributed by atoms with Crippen molar-refractivity contribution in [1.82, 2.24) is 0 Å². The third-order valence-electron chi connectivity index (χ3n) is 3.52. The molecule has 2 nitrogen and oxygen atoms in total. The number of anilines is 2. The molecule has 2 aromatic rings. The molecule has 0 fully saturated rings. The summed E-state index contributed by atoms with van der Waals surface area (Å²) in [5, 5.41) is 0. The van der Waals surface area contributed by atoms with Crippen LogP contribution < -0.4 is 4.90 Å². The molecular formula is C16H14BrNO. The quantitative estimate of drug-likeness (QED) is 0.768. The lowest BCUT2D eigenvalue weighted by Gasteiger charge is -2.22. The molecule has 3 rings (SSSR count). The molecule has 1 aliphatic rings. The third-order valence-corrected chi connectivity index (χ3v) is 4.01. The lowest BCUT2D eigenvalue weighted by atomic mass is 10.1. The van der Waals surface area contributed by atoms with E-state index in [2.05, 4.69) is 39.0 Å². The molecule has 19 heavy (non-hydrogen) atoms. The van der Waals surface area contributed by atoms with Crippen molar-refractivity contribution < 1.29 is 4.79 Å². The Morgan fingerprint density at radius 3 is 2.74 bits per heavy atom. The summed E-state index contributed by atoms with van der Waals surface area (Å²) in [4.78, 5) is 14.1. The second-order valence-electron chi connectivity index (χ2n) is 4.75. The number of rotatable bonds is 2. The van der Waals surface area contributed by atoms with Crippen LogP contribution in [0.1, 0.15) is 22.8 Å². The summed E-state index contributed by atoms with van der Waals surface area (Å²) in [7, 11) is 0. The number of Topliss-reactive ketones (excluding diaryl/α,β-unsaturated/α-hetero) is 1. The molecule has 0 radical (unpaired) electrons. The number of fused-ring (bicyclic) bond motifs is 1. The van der Waals surface area contributed by atoms with E-state index >= 15 is 0 Å². The normalized spacial score (nSPS) is 13.5. The molecule has 2 aromatic carbocycles. The number of ketones is 1. The number of hydrogen-bond acceptors (Lipinski definition) is 2. The van der Waals surface area contributed by atoms with Gasteiger partial charge in [-0.15, -0.1) is 0 Å². The van der Waals surface area contributed by atoms with Crippen LogP contribution in [0.3, 0.4) is 0 Å². The summed E-state index contributed by atoms with van der Waals surface area (Å²) in [6.07, 6.45) is 1.03. The Bertz CT molecular complexity index is 651. The van der Waals surface area contributed by atoms with E-state index in [0.29, 0.717) is 0 Å². The zero-order chi connectivity index (χ0) is 13.4. The van der Waals surface area contributed by atoms with Crippen LogP contribution >= 0.6 is 15.9 Å². The predicted molar refractivity (Wildman–Crippen MR) is 81.3 cm³/mol. The van der Waals surface area contributed by atoms with Gasteiger partial charge in [0.25, 0.3) is 0 Å². The first kappa shape index (κ1) is 12.4. The van der Waals surface area contributed by atoms with E-state index in [4.69, 9.17) is 0 Å². The Labute approximate surface area is 121 Å². The van der Waals surface area contributed by atoms with Crippen molar-refractivity contribution in [2.45, 2.75) is 13.3 Å². The summed E-state index contributed by atoms with van der Waals surface area (Å²) < 4.78 is 0.939. The molecule has 0 unspecified atom stereocenters. The zero-order valence-electron chi connectivity index (χ0n) is 10.7. The summed E-state index contributed by atoms with van der Waals surface area (Å²) in [6.45, 7) is 2.55. The number of nitrogens with zero attached hydrogens (tertiary/aromatic N) is 1. The highest BCUT2D eigenvalue weighted by atomic mass is 79.9. The maximum absolute atomic E-state index is 11.8. The van der Waals surface area contributed by atoms with Gasteiger partial charge in [-0.1, -0.05) is 34.1 Å². The van der Waals surface area contributed by atoms with Gasteiger partial charge in [-0.2, -0.15) is 0 Å². The molecule has 1 aliphatic heterocycles. The molecule has 96 valence electrons. The van der Waals surface area contributed by atoms with E-state index < -0.39 is 0 Å². The van der Waals surface area contributed by atoms with E-state index in [0.717, 1.165) is 28.7 Å². The van der Waals surface area contributed by atoms with E-state index in [1.807, 2.05) is 24.3 Å². The van der Waals surface area contributed by atoms with Gasteiger partial charge in [0.15, 0.2) is 5.78 Å². The standard InChI is InChI=1S/C16H14BrNO/c1-11(19)14-10-13(17)6-7-16(14)18-9-8-12-4-2-3-5-15(12)18/h2-7,10H,8-9H2,1H3. The van der Waals surface area contributed by atoms with E-state index in [-0.39, 0.29) is 5.78 Å². The maximum atomic E-state index is 11.8. The van der Waals surface area contributed by atoms with E-state index in [1.54, 1.807) is 6.92 Å². The Balaban J connectivity index is 2.12. The largest absolute Gasteiger partial charge is 0.340 e. The molecular weight excluding hydrogens is 302 g/mol. The molecule has 0 spiro atoms. The van der Waals surface area contributed by atoms with Gasteiger partial charge < -0.3 is 4.90 Å². The Kier molecular flexibility index (Phi) is 3.15. The monoisotopic (exact) mass is 315 g/mol. The van der Waals surface area contributed by atoms with Crippen molar-refractivity contribution in [2.75, 3.05) is 11.4 Å². The molecule has 0 N–H and O–H groups in total. The smallest absolute Gasteiger partial charge is 0.161 e. The fourth-order valence-electron chi connectivity index (χ4n) is 2.61.